The molecule has 2 N–H and O–H groups in total. The molecule has 0 bridgehead atoms. The first-order valence-electron chi connectivity index (χ1n) is 6.06. The van der Waals surface area contributed by atoms with Gasteiger partial charge in [0.1, 0.15) is 0 Å². The molecule has 0 unspecified atom stereocenters. The average Bonchev–Trinajstić information content (AvgIpc) is 2.42. The highest BCUT2D eigenvalue weighted by Gasteiger charge is 2.02. The number of rotatable bonds is 9. The van der Waals surface area contributed by atoms with Gasteiger partial charge in [-0.15, -0.1) is 11.8 Å². The molecule has 0 saturated carbocycles. The number of thioether (sulfide) groups is 2. The maximum absolute atomic E-state index is 11.6. The highest BCUT2D eigenvalue weighted by Crippen LogP contribution is 2.19. The fourth-order valence-corrected chi connectivity index (χ4v) is 2.90. The van der Waals surface area contributed by atoms with E-state index in [1.165, 1.54) is 11.8 Å². The summed E-state index contributed by atoms with van der Waals surface area (Å²) < 4.78 is 0. The molecule has 0 aliphatic rings. The number of amides is 1. The monoisotopic (exact) mass is 319 g/mol. The van der Waals surface area contributed by atoms with E-state index in [0.29, 0.717) is 17.3 Å². The molecule has 0 heterocycles. The molecule has 6 heteroatoms. The summed E-state index contributed by atoms with van der Waals surface area (Å²) in [4.78, 5) is 12.6. The van der Waals surface area contributed by atoms with Crippen molar-refractivity contribution in [2.24, 2.45) is 0 Å². The molecule has 1 rings (SSSR count). The van der Waals surface area contributed by atoms with Crippen molar-refractivity contribution in [3.63, 3.8) is 0 Å². The van der Waals surface area contributed by atoms with Gasteiger partial charge in [-0.1, -0.05) is 11.6 Å². The number of halogens is 1. The van der Waals surface area contributed by atoms with Crippen molar-refractivity contribution in [1.29, 1.82) is 0 Å². The van der Waals surface area contributed by atoms with Crippen LogP contribution in [0.1, 0.15) is 6.42 Å². The predicted molar refractivity (Wildman–Crippen MR) is 84.2 cm³/mol. The van der Waals surface area contributed by atoms with Gasteiger partial charge in [0.2, 0.25) is 5.91 Å². The van der Waals surface area contributed by atoms with E-state index < -0.39 is 0 Å². The van der Waals surface area contributed by atoms with E-state index in [2.05, 4.69) is 5.32 Å². The van der Waals surface area contributed by atoms with Gasteiger partial charge in [-0.2, -0.15) is 11.8 Å². The Morgan fingerprint density at radius 1 is 1.26 bits per heavy atom. The van der Waals surface area contributed by atoms with Crippen molar-refractivity contribution in [3.05, 3.63) is 29.3 Å². The Kier molecular flexibility index (Phi) is 9.16. The van der Waals surface area contributed by atoms with E-state index in [9.17, 15) is 4.79 Å². The summed E-state index contributed by atoms with van der Waals surface area (Å²) in [7, 11) is 0. The van der Waals surface area contributed by atoms with E-state index in [1.54, 1.807) is 11.8 Å². The molecule has 0 atom stereocenters. The second-order valence-corrected chi connectivity index (χ2v) is 6.49. The number of nitrogens with one attached hydrogen (secondary N) is 1. The number of benzene rings is 1. The van der Waals surface area contributed by atoms with Crippen LogP contribution < -0.4 is 5.32 Å². The zero-order valence-electron chi connectivity index (χ0n) is 10.6. The van der Waals surface area contributed by atoms with Gasteiger partial charge >= 0.3 is 0 Å². The fourth-order valence-electron chi connectivity index (χ4n) is 1.26. The third-order valence-corrected chi connectivity index (χ3v) is 4.53. The second kappa shape index (κ2) is 10.4. The van der Waals surface area contributed by atoms with Gasteiger partial charge < -0.3 is 10.4 Å². The minimum Gasteiger partial charge on any atom is -0.396 e. The average molecular weight is 320 g/mol. The summed E-state index contributed by atoms with van der Waals surface area (Å²) in [6.07, 6.45) is 0.811. The Hall–Kier alpha value is -0.360. The second-order valence-electron chi connectivity index (χ2n) is 3.78. The molecule has 19 heavy (non-hydrogen) atoms. The zero-order chi connectivity index (χ0) is 13.9. The molecule has 106 valence electrons. The Morgan fingerprint density at radius 2 is 2.00 bits per heavy atom. The first-order valence-corrected chi connectivity index (χ1v) is 8.58. The Balaban J connectivity index is 2.06. The van der Waals surface area contributed by atoms with Crippen LogP contribution in [-0.2, 0) is 4.79 Å². The maximum Gasteiger partial charge on any atom is 0.230 e. The van der Waals surface area contributed by atoms with Gasteiger partial charge in [-0.25, -0.2) is 0 Å². The number of aliphatic hydroxyl groups excluding tert-OH is 1. The highest BCUT2D eigenvalue weighted by atomic mass is 35.5. The van der Waals surface area contributed by atoms with Crippen LogP contribution in [0.15, 0.2) is 29.2 Å². The minimum absolute atomic E-state index is 0.0442. The number of aliphatic hydroxyl groups is 1. The molecule has 0 saturated heterocycles. The largest absolute Gasteiger partial charge is 0.396 e. The first-order chi connectivity index (χ1) is 9.22. The third kappa shape index (κ3) is 8.42. The van der Waals surface area contributed by atoms with Gasteiger partial charge in [0.25, 0.3) is 0 Å². The van der Waals surface area contributed by atoms with Crippen LogP contribution in [0.25, 0.3) is 0 Å². The molecular weight excluding hydrogens is 302 g/mol. The molecule has 1 amide bonds. The van der Waals surface area contributed by atoms with Gasteiger partial charge in [0, 0.05) is 28.8 Å². The van der Waals surface area contributed by atoms with Crippen molar-refractivity contribution in [1.82, 2.24) is 5.32 Å². The quantitative estimate of drug-likeness (QED) is 0.543. The lowest BCUT2D eigenvalue weighted by molar-refractivity contribution is -0.118. The van der Waals surface area contributed by atoms with E-state index >= 15 is 0 Å². The summed E-state index contributed by atoms with van der Waals surface area (Å²) in [6, 6.07) is 7.45. The van der Waals surface area contributed by atoms with Gasteiger partial charge in [0.05, 0.1) is 5.75 Å². The van der Waals surface area contributed by atoms with Gasteiger partial charge in [-0.3, -0.25) is 4.79 Å². The van der Waals surface area contributed by atoms with Crippen molar-refractivity contribution in [2.45, 2.75) is 11.3 Å². The Morgan fingerprint density at radius 3 is 2.68 bits per heavy atom. The third-order valence-electron chi connectivity index (χ3n) is 2.20. The van der Waals surface area contributed by atoms with Crippen LogP contribution in [0.4, 0.5) is 0 Å². The summed E-state index contributed by atoms with van der Waals surface area (Å²) >= 11 is 9.03. The van der Waals surface area contributed by atoms with Crippen LogP contribution in [0.3, 0.4) is 0 Å². The molecule has 1 aromatic rings. The molecule has 0 aromatic heterocycles. The summed E-state index contributed by atoms with van der Waals surface area (Å²) in [6.45, 7) is 0.910. The molecule has 1 aromatic carbocycles. The van der Waals surface area contributed by atoms with Gasteiger partial charge in [0.15, 0.2) is 0 Å². The van der Waals surface area contributed by atoms with Crippen LogP contribution >= 0.6 is 35.1 Å². The summed E-state index contributed by atoms with van der Waals surface area (Å²) in [5, 5.41) is 12.2. The van der Waals surface area contributed by atoms with Gasteiger partial charge in [-0.05, 0) is 36.4 Å². The van der Waals surface area contributed by atoms with E-state index in [-0.39, 0.29) is 12.5 Å². The predicted octanol–water partition coefficient (Wildman–Crippen LogP) is 2.66. The molecular formula is C13H18ClNO2S2. The number of hydrogen-bond acceptors (Lipinski definition) is 4. The van der Waals surface area contributed by atoms with Crippen molar-refractivity contribution < 1.29 is 9.90 Å². The minimum atomic E-state index is 0.0442. The fraction of sp³-hybridized carbons (Fsp3) is 0.462. The summed E-state index contributed by atoms with van der Waals surface area (Å²) in [5.74, 6) is 2.29. The molecule has 0 radical (unpaired) electrons. The number of carbonyl (C=O) groups is 1. The molecule has 0 aliphatic heterocycles. The topological polar surface area (TPSA) is 49.3 Å². The van der Waals surface area contributed by atoms with Crippen LogP contribution in [0.5, 0.6) is 0 Å². The normalized spacial score (nSPS) is 10.4. The number of carbonyl (C=O) groups excluding carboxylic acids is 1. The highest BCUT2D eigenvalue weighted by molar-refractivity contribution is 8.00. The van der Waals surface area contributed by atoms with Crippen molar-refractivity contribution >= 4 is 41.0 Å². The smallest absolute Gasteiger partial charge is 0.230 e. The molecule has 3 nitrogen and oxygen atoms in total. The van der Waals surface area contributed by atoms with Crippen molar-refractivity contribution in [2.75, 3.05) is 30.4 Å². The van der Waals surface area contributed by atoms with Crippen LogP contribution in [0.2, 0.25) is 5.02 Å². The standard InChI is InChI=1S/C13H18ClNO2S2/c14-11-2-4-12(5-3-11)19-10-13(17)15-6-9-18-8-1-7-16/h2-5,16H,1,6-10H2,(H,15,17). The zero-order valence-corrected chi connectivity index (χ0v) is 13.0. The Labute approximate surface area is 127 Å². The number of hydrogen-bond donors (Lipinski definition) is 2. The summed E-state index contributed by atoms with van der Waals surface area (Å²) in [5.41, 5.74) is 0. The SMILES string of the molecule is O=C(CSc1ccc(Cl)cc1)NCCSCCCO. The first kappa shape index (κ1) is 16.7. The maximum atomic E-state index is 11.6. The lowest BCUT2D eigenvalue weighted by Gasteiger charge is -2.05. The lowest BCUT2D eigenvalue weighted by atomic mass is 10.4. The Bertz CT molecular complexity index is 373. The molecule has 0 aliphatic carbocycles. The van der Waals surface area contributed by atoms with Crippen LogP contribution in [-0.4, -0.2) is 41.4 Å². The van der Waals surface area contributed by atoms with Crippen molar-refractivity contribution in [3.8, 4) is 0 Å². The lowest BCUT2D eigenvalue weighted by Crippen LogP contribution is -2.27. The van der Waals surface area contributed by atoms with Crippen LogP contribution in [0, 0.1) is 0 Å². The van der Waals surface area contributed by atoms with E-state index in [4.69, 9.17) is 16.7 Å². The van der Waals surface area contributed by atoms with E-state index in [1.807, 2.05) is 24.3 Å². The molecule has 0 spiro atoms. The molecule has 0 fully saturated rings. The van der Waals surface area contributed by atoms with E-state index in [0.717, 1.165) is 22.8 Å².